The van der Waals surface area contributed by atoms with Gasteiger partial charge >= 0.3 is 0 Å². The molecule has 2 aliphatic rings. The van der Waals surface area contributed by atoms with Gasteiger partial charge in [-0.3, -0.25) is 9.59 Å². The standard InChI is InChI=1S/C20H22FN3O2S/c21-15-5-3-4-13(8-15)9-17-11-22-20(27-17)23-19(26)14-10-18(25)24(12-14)16-6-1-2-7-16/h3-5,8,11,14,16H,1-2,6-7,9-10,12H2,(H,22,23,26). The van der Waals surface area contributed by atoms with Crippen LogP contribution >= 0.6 is 11.3 Å². The fraction of sp³-hybridized carbons (Fsp3) is 0.450. The number of anilines is 1. The van der Waals surface area contributed by atoms with Crippen molar-refractivity contribution < 1.29 is 14.0 Å². The molecule has 5 nitrogen and oxygen atoms in total. The van der Waals surface area contributed by atoms with Crippen LogP contribution in [0.2, 0.25) is 0 Å². The molecule has 1 unspecified atom stereocenters. The third-order valence-corrected chi connectivity index (χ3v) is 6.26. The highest BCUT2D eigenvalue weighted by Gasteiger charge is 2.38. The van der Waals surface area contributed by atoms with Crippen LogP contribution in [-0.4, -0.2) is 34.3 Å². The highest BCUT2D eigenvalue weighted by atomic mass is 32.1. The first-order valence-corrected chi connectivity index (χ1v) is 10.2. The number of benzene rings is 1. The molecular formula is C20H22FN3O2S. The fourth-order valence-electron chi connectivity index (χ4n) is 3.98. The summed E-state index contributed by atoms with van der Waals surface area (Å²) in [6.45, 7) is 0.511. The topological polar surface area (TPSA) is 62.3 Å². The van der Waals surface area contributed by atoms with Crippen LogP contribution in [0.3, 0.4) is 0 Å². The monoisotopic (exact) mass is 387 g/mol. The van der Waals surface area contributed by atoms with Crippen molar-refractivity contribution in [2.75, 3.05) is 11.9 Å². The maximum Gasteiger partial charge on any atom is 0.231 e. The van der Waals surface area contributed by atoms with Crippen molar-refractivity contribution in [1.82, 2.24) is 9.88 Å². The molecule has 7 heteroatoms. The Labute approximate surface area is 161 Å². The van der Waals surface area contributed by atoms with Gasteiger partial charge in [-0.2, -0.15) is 0 Å². The van der Waals surface area contributed by atoms with E-state index in [0.717, 1.165) is 23.3 Å². The van der Waals surface area contributed by atoms with Crippen LogP contribution < -0.4 is 5.32 Å². The van der Waals surface area contributed by atoms with Crippen LogP contribution in [-0.2, 0) is 16.0 Å². The average Bonchev–Trinajstić information content (AvgIpc) is 3.36. The van der Waals surface area contributed by atoms with Crippen LogP contribution in [0, 0.1) is 11.7 Å². The minimum Gasteiger partial charge on any atom is -0.339 e. The first-order chi connectivity index (χ1) is 13.1. The molecule has 1 aromatic heterocycles. The van der Waals surface area contributed by atoms with E-state index in [1.165, 1.54) is 36.3 Å². The molecule has 1 saturated heterocycles. The van der Waals surface area contributed by atoms with Gasteiger partial charge in [0.05, 0.1) is 5.92 Å². The zero-order chi connectivity index (χ0) is 18.8. The maximum atomic E-state index is 13.3. The molecule has 4 rings (SSSR count). The van der Waals surface area contributed by atoms with E-state index in [4.69, 9.17) is 0 Å². The molecule has 1 N–H and O–H groups in total. The quantitative estimate of drug-likeness (QED) is 0.853. The molecule has 1 saturated carbocycles. The van der Waals surface area contributed by atoms with Crippen LogP contribution in [0.15, 0.2) is 30.5 Å². The molecule has 0 bridgehead atoms. The van der Waals surface area contributed by atoms with Gasteiger partial charge in [-0.05, 0) is 30.5 Å². The second-order valence-electron chi connectivity index (χ2n) is 7.31. The van der Waals surface area contributed by atoms with Gasteiger partial charge in [0.15, 0.2) is 5.13 Å². The van der Waals surface area contributed by atoms with Gasteiger partial charge in [0.2, 0.25) is 11.8 Å². The second kappa shape index (κ2) is 7.76. The molecule has 1 aromatic carbocycles. The summed E-state index contributed by atoms with van der Waals surface area (Å²) in [6.07, 6.45) is 6.99. The summed E-state index contributed by atoms with van der Waals surface area (Å²) in [5, 5.41) is 3.37. The van der Waals surface area contributed by atoms with Gasteiger partial charge in [0.1, 0.15) is 5.82 Å². The Hall–Kier alpha value is -2.28. The van der Waals surface area contributed by atoms with Crippen molar-refractivity contribution >= 4 is 28.3 Å². The number of hydrogen-bond acceptors (Lipinski definition) is 4. The van der Waals surface area contributed by atoms with Gasteiger partial charge in [0.25, 0.3) is 0 Å². The summed E-state index contributed by atoms with van der Waals surface area (Å²) in [5.74, 6) is -0.625. The smallest absolute Gasteiger partial charge is 0.231 e. The third-order valence-electron chi connectivity index (χ3n) is 5.35. The molecule has 0 radical (unpaired) electrons. The number of nitrogens with one attached hydrogen (secondary N) is 1. The highest BCUT2D eigenvalue weighted by molar-refractivity contribution is 7.15. The van der Waals surface area contributed by atoms with E-state index in [1.54, 1.807) is 12.3 Å². The van der Waals surface area contributed by atoms with E-state index < -0.39 is 0 Å². The van der Waals surface area contributed by atoms with Gasteiger partial charge in [-0.25, -0.2) is 9.37 Å². The van der Waals surface area contributed by atoms with Crippen LogP contribution in [0.5, 0.6) is 0 Å². The van der Waals surface area contributed by atoms with Crippen molar-refractivity contribution in [3.63, 3.8) is 0 Å². The number of likely N-dealkylation sites (tertiary alicyclic amines) is 1. The van der Waals surface area contributed by atoms with Crippen molar-refractivity contribution in [1.29, 1.82) is 0 Å². The predicted molar refractivity (Wildman–Crippen MR) is 102 cm³/mol. The van der Waals surface area contributed by atoms with E-state index >= 15 is 0 Å². The Morgan fingerprint density at radius 3 is 2.93 bits per heavy atom. The number of thiazole rings is 1. The summed E-state index contributed by atoms with van der Waals surface area (Å²) >= 11 is 1.38. The van der Waals surface area contributed by atoms with Crippen LogP contribution in [0.1, 0.15) is 42.5 Å². The minimum absolute atomic E-state index is 0.0907. The van der Waals surface area contributed by atoms with Crippen molar-refractivity contribution in [3.8, 4) is 0 Å². The highest BCUT2D eigenvalue weighted by Crippen LogP contribution is 2.30. The molecule has 1 aliphatic carbocycles. The molecule has 2 heterocycles. The molecule has 0 spiro atoms. The first-order valence-electron chi connectivity index (χ1n) is 9.38. The van der Waals surface area contributed by atoms with Gasteiger partial charge in [-0.1, -0.05) is 25.0 Å². The number of carbonyl (C=O) groups is 2. The normalized spacial score (nSPS) is 20.4. The minimum atomic E-state index is -0.311. The Bertz CT molecular complexity index is 847. The summed E-state index contributed by atoms with van der Waals surface area (Å²) in [5.41, 5.74) is 0.866. The first kappa shape index (κ1) is 18.1. The number of hydrogen-bond donors (Lipinski definition) is 1. The van der Waals surface area contributed by atoms with Crippen LogP contribution in [0.25, 0.3) is 0 Å². The van der Waals surface area contributed by atoms with Gasteiger partial charge in [-0.15, -0.1) is 11.3 Å². The SMILES string of the molecule is O=C(Nc1ncc(Cc2cccc(F)c2)s1)C1CC(=O)N(C2CCCC2)C1. The molecule has 2 aromatic rings. The summed E-state index contributed by atoms with van der Waals surface area (Å²) < 4.78 is 13.3. The van der Waals surface area contributed by atoms with E-state index in [-0.39, 0.29) is 30.0 Å². The summed E-state index contributed by atoms with van der Waals surface area (Å²) in [7, 11) is 0. The number of rotatable bonds is 5. The molecule has 27 heavy (non-hydrogen) atoms. The van der Waals surface area contributed by atoms with Gasteiger partial charge in [0, 0.05) is 36.5 Å². The van der Waals surface area contributed by atoms with E-state index in [0.29, 0.717) is 24.1 Å². The number of amides is 2. The van der Waals surface area contributed by atoms with Gasteiger partial charge < -0.3 is 10.2 Å². The molecule has 1 aliphatic heterocycles. The lowest BCUT2D eigenvalue weighted by atomic mass is 10.1. The lowest BCUT2D eigenvalue weighted by Gasteiger charge is -2.23. The number of aromatic nitrogens is 1. The molecule has 2 fully saturated rings. The largest absolute Gasteiger partial charge is 0.339 e. The molecule has 2 amide bonds. The van der Waals surface area contributed by atoms with E-state index in [1.807, 2.05) is 11.0 Å². The number of halogens is 1. The Balaban J connectivity index is 1.35. The van der Waals surface area contributed by atoms with Crippen molar-refractivity contribution in [2.45, 2.75) is 44.6 Å². The fourth-order valence-corrected chi connectivity index (χ4v) is 4.83. The summed E-state index contributed by atoms with van der Waals surface area (Å²) in [6, 6.07) is 6.77. The predicted octanol–water partition coefficient (Wildman–Crippen LogP) is 3.60. The molecular weight excluding hydrogens is 365 g/mol. The van der Waals surface area contributed by atoms with E-state index in [2.05, 4.69) is 10.3 Å². The lowest BCUT2D eigenvalue weighted by molar-refractivity contribution is -0.129. The lowest BCUT2D eigenvalue weighted by Crippen LogP contribution is -2.35. The number of nitrogens with zero attached hydrogens (tertiary/aromatic N) is 2. The van der Waals surface area contributed by atoms with Crippen molar-refractivity contribution in [3.05, 3.63) is 46.7 Å². The zero-order valence-electron chi connectivity index (χ0n) is 15.0. The molecule has 142 valence electrons. The third kappa shape index (κ3) is 4.18. The Morgan fingerprint density at radius 1 is 1.33 bits per heavy atom. The Kier molecular flexibility index (Phi) is 5.20. The zero-order valence-corrected chi connectivity index (χ0v) is 15.8. The maximum absolute atomic E-state index is 13.3. The van der Waals surface area contributed by atoms with Crippen molar-refractivity contribution in [2.24, 2.45) is 5.92 Å². The van der Waals surface area contributed by atoms with Crippen LogP contribution in [0.4, 0.5) is 9.52 Å². The Morgan fingerprint density at radius 2 is 2.15 bits per heavy atom. The summed E-state index contributed by atoms with van der Waals surface area (Å²) in [4.78, 5) is 31.9. The molecule has 1 atom stereocenters. The average molecular weight is 387 g/mol. The van der Waals surface area contributed by atoms with E-state index in [9.17, 15) is 14.0 Å². The second-order valence-corrected chi connectivity index (χ2v) is 8.43. The number of carbonyl (C=O) groups excluding carboxylic acids is 2.